The summed E-state index contributed by atoms with van der Waals surface area (Å²) in [6, 6.07) is 5.42. The summed E-state index contributed by atoms with van der Waals surface area (Å²) in [5.74, 6) is -1.66. The van der Waals surface area contributed by atoms with Crippen LogP contribution in [0.5, 0.6) is 0 Å². The van der Waals surface area contributed by atoms with Gasteiger partial charge in [0.05, 0.1) is 5.60 Å². The smallest absolute Gasteiger partial charge is 0.251 e. The number of piperazine rings is 1. The molecule has 0 radical (unpaired) electrons. The number of nitrogens with zero attached hydrogens (tertiary/aromatic N) is 4. The highest BCUT2D eigenvalue weighted by Crippen LogP contribution is 2.50. The Bertz CT molecular complexity index is 1430. The van der Waals surface area contributed by atoms with Crippen molar-refractivity contribution in [3.63, 3.8) is 0 Å². The van der Waals surface area contributed by atoms with Crippen LogP contribution in [0.4, 0.5) is 9.52 Å². The van der Waals surface area contributed by atoms with Crippen molar-refractivity contribution in [2.24, 2.45) is 11.8 Å². The largest absolute Gasteiger partial charge is 0.367 e. The van der Waals surface area contributed by atoms with Crippen molar-refractivity contribution in [2.45, 2.75) is 64.5 Å². The van der Waals surface area contributed by atoms with Crippen LogP contribution in [0.3, 0.4) is 0 Å². The van der Waals surface area contributed by atoms with E-state index in [-0.39, 0.29) is 41.1 Å². The predicted octanol–water partition coefficient (Wildman–Crippen LogP) is 4.42. The summed E-state index contributed by atoms with van der Waals surface area (Å²) in [5.41, 5.74) is 1.65. The zero-order valence-corrected chi connectivity index (χ0v) is 29.1. The number of allylic oxidation sites excluding steroid dienone is 1. The number of likely N-dealkylation sites (N-methyl/N-ethyl adjacent to an activating group) is 1. The second-order valence-corrected chi connectivity index (χ2v) is 14.5. The van der Waals surface area contributed by atoms with E-state index in [1.54, 1.807) is 43.4 Å². The number of halogens is 1. The van der Waals surface area contributed by atoms with Gasteiger partial charge in [0.25, 0.3) is 5.91 Å². The van der Waals surface area contributed by atoms with Crippen molar-refractivity contribution in [1.29, 1.82) is 0 Å². The summed E-state index contributed by atoms with van der Waals surface area (Å²) in [4.78, 5) is 38.7. The standard InChI is InChI=1S/C34H48FN5O5S/c1-21(2)17-25-19-40(31-33(25,5)45-20-34(31,43-7)44-8)30(42)26(18-22(3)4)36-29(41)24-11-9-23(10-12-24)27-28(35)46-32(37-27)39-15-13-38(6)14-16-39/h9-12,17,22,25-26,31H,13-16,18-20H2,1-8H3,(H,36,41)/t25-,26+,31+,33-/m1/s1. The summed E-state index contributed by atoms with van der Waals surface area (Å²) >= 11 is 1.05. The average Bonchev–Trinajstić information content (AvgIpc) is 3.65. The highest BCUT2D eigenvalue weighted by atomic mass is 32.1. The molecule has 2 aromatic rings. The van der Waals surface area contributed by atoms with Gasteiger partial charge in [-0.05, 0) is 52.3 Å². The lowest BCUT2D eigenvalue weighted by Crippen LogP contribution is -2.60. The number of likely N-dealkylation sites (tertiary alicyclic amines) is 1. The van der Waals surface area contributed by atoms with Crippen LogP contribution in [-0.2, 0) is 19.0 Å². The fraction of sp³-hybridized carbons (Fsp3) is 0.618. The van der Waals surface area contributed by atoms with Gasteiger partial charge in [-0.25, -0.2) is 4.98 Å². The summed E-state index contributed by atoms with van der Waals surface area (Å²) in [5, 5.41) is 3.33. The Morgan fingerprint density at radius 3 is 2.39 bits per heavy atom. The van der Waals surface area contributed by atoms with Gasteiger partial charge >= 0.3 is 0 Å². The molecule has 0 saturated carbocycles. The Labute approximate surface area is 275 Å². The lowest BCUT2D eigenvalue weighted by molar-refractivity contribution is -0.227. The predicted molar refractivity (Wildman–Crippen MR) is 177 cm³/mol. The number of fused-ring (bicyclic) bond motifs is 1. The molecule has 4 heterocycles. The molecule has 12 heteroatoms. The van der Waals surface area contributed by atoms with Crippen LogP contribution < -0.4 is 10.2 Å². The first-order valence-corrected chi connectivity index (χ1v) is 16.8. The minimum atomic E-state index is -1.13. The van der Waals surface area contributed by atoms with E-state index in [4.69, 9.17) is 14.2 Å². The summed E-state index contributed by atoms with van der Waals surface area (Å²) in [6.45, 7) is 14.1. The van der Waals surface area contributed by atoms with Crippen molar-refractivity contribution in [3.05, 3.63) is 46.6 Å². The third kappa shape index (κ3) is 6.60. The maximum atomic E-state index is 15.0. The number of rotatable bonds is 10. The van der Waals surface area contributed by atoms with E-state index in [2.05, 4.69) is 33.2 Å². The minimum Gasteiger partial charge on any atom is -0.367 e. The van der Waals surface area contributed by atoms with Crippen LogP contribution in [0.15, 0.2) is 35.9 Å². The van der Waals surface area contributed by atoms with E-state index in [0.29, 0.717) is 29.2 Å². The molecule has 1 aromatic heterocycles. The van der Waals surface area contributed by atoms with Crippen LogP contribution in [0.1, 0.15) is 51.4 Å². The van der Waals surface area contributed by atoms with Gasteiger partial charge in [-0.15, -0.1) is 0 Å². The van der Waals surface area contributed by atoms with Gasteiger partial charge < -0.3 is 34.2 Å². The number of benzene rings is 1. The Hall–Kier alpha value is -2.90. The molecule has 1 aromatic carbocycles. The van der Waals surface area contributed by atoms with Gasteiger partial charge in [0.15, 0.2) is 5.13 Å². The number of hydrogen-bond donors (Lipinski definition) is 1. The maximum Gasteiger partial charge on any atom is 0.251 e. The highest BCUT2D eigenvalue weighted by molar-refractivity contribution is 7.14. The van der Waals surface area contributed by atoms with Crippen molar-refractivity contribution in [1.82, 2.24) is 20.1 Å². The van der Waals surface area contributed by atoms with Gasteiger partial charge in [-0.3, -0.25) is 9.59 Å². The molecule has 0 aliphatic carbocycles. The van der Waals surface area contributed by atoms with Crippen molar-refractivity contribution >= 4 is 28.3 Å². The number of nitrogens with one attached hydrogen (secondary N) is 1. The number of thiazole rings is 1. The van der Waals surface area contributed by atoms with Gasteiger partial charge in [-0.1, -0.05) is 49.0 Å². The topological polar surface area (TPSA) is 96.5 Å². The summed E-state index contributed by atoms with van der Waals surface area (Å²) < 4.78 is 33.1. The Kier molecular flexibility index (Phi) is 10.2. The summed E-state index contributed by atoms with van der Waals surface area (Å²) in [7, 11) is 5.21. The molecule has 3 saturated heterocycles. The number of carbonyl (C=O) groups is 2. The van der Waals surface area contributed by atoms with Crippen LogP contribution in [0.25, 0.3) is 11.3 Å². The normalized spacial score (nSPS) is 25.1. The van der Waals surface area contributed by atoms with Crippen LogP contribution in [0.2, 0.25) is 0 Å². The third-order valence-electron chi connectivity index (χ3n) is 9.57. The average molecular weight is 658 g/mol. The van der Waals surface area contributed by atoms with Gasteiger partial charge in [0, 0.05) is 64.0 Å². The lowest BCUT2D eigenvalue weighted by Gasteiger charge is -2.39. The molecule has 1 N–H and O–H groups in total. The third-order valence-corrected chi connectivity index (χ3v) is 10.5. The quantitative estimate of drug-likeness (QED) is 0.297. The van der Waals surface area contributed by atoms with Gasteiger partial charge in [0.2, 0.25) is 16.8 Å². The molecule has 3 aliphatic rings. The van der Waals surface area contributed by atoms with Crippen molar-refractivity contribution in [3.8, 4) is 11.3 Å². The monoisotopic (exact) mass is 657 g/mol. The van der Waals surface area contributed by atoms with E-state index in [9.17, 15) is 9.59 Å². The first kappa shape index (κ1) is 34.4. The van der Waals surface area contributed by atoms with Crippen LogP contribution in [0, 0.1) is 17.0 Å². The number of aromatic nitrogens is 1. The lowest BCUT2D eigenvalue weighted by atomic mass is 9.84. The number of methoxy groups -OCH3 is 2. The van der Waals surface area contributed by atoms with Crippen LogP contribution in [-0.4, -0.2) is 111 Å². The highest BCUT2D eigenvalue weighted by Gasteiger charge is 2.67. The summed E-state index contributed by atoms with van der Waals surface area (Å²) in [6.07, 6.45) is 2.58. The molecule has 0 unspecified atom stereocenters. The molecule has 5 rings (SSSR count). The van der Waals surface area contributed by atoms with E-state index in [1.165, 1.54) is 0 Å². The number of anilines is 1. The van der Waals surface area contributed by atoms with E-state index < -0.39 is 23.5 Å². The zero-order valence-electron chi connectivity index (χ0n) is 28.3. The molecule has 10 nitrogen and oxygen atoms in total. The van der Waals surface area contributed by atoms with Crippen molar-refractivity contribution < 1.29 is 28.2 Å². The maximum absolute atomic E-state index is 15.0. The molecule has 0 bridgehead atoms. The molecular weight excluding hydrogens is 609 g/mol. The molecule has 252 valence electrons. The van der Waals surface area contributed by atoms with Crippen LogP contribution >= 0.6 is 11.3 Å². The molecule has 3 aliphatic heterocycles. The second-order valence-electron chi connectivity index (χ2n) is 13.6. The first-order chi connectivity index (χ1) is 21.8. The molecule has 46 heavy (non-hydrogen) atoms. The fourth-order valence-electron chi connectivity index (χ4n) is 6.98. The number of carbonyl (C=O) groups excluding carboxylic acids is 2. The van der Waals surface area contributed by atoms with E-state index in [1.807, 2.05) is 34.6 Å². The molecular formula is C34H48FN5O5S. The fourth-order valence-corrected chi connectivity index (χ4v) is 7.85. The van der Waals surface area contributed by atoms with Gasteiger partial charge in [0.1, 0.15) is 24.4 Å². The van der Waals surface area contributed by atoms with Gasteiger partial charge in [-0.2, -0.15) is 4.39 Å². The van der Waals surface area contributed by atoms with E-state index in [0.717, 1.165) is 43.1 Å². The van der Waals surface area contributed by atoms with Crippen molar-refractivity contribution in [2.75, 3.05) is 65.5 Å². The minimum absolute atomic E-state index is 0.0792. The first-order valence-electron chi connectivity index (χ1n) is 16.0. The Balaban J connectivity index is 1.35. The molecule has 2 amide bonds. The number of ether oxygens (including phenoxy) is 3. The second kappa shape index (κ2) is 13.7. The molecule has 3 fully saturated rings. The Morgan fingerprint density at radius 1 is 1.15 bits per heavy atom. The SMILES string of the molecule is COC1(OC)CO[C@]2(C)[C@H](C=C(C)C)CN(C(=O)[C@H](CC(C)C)NC(=O)c3ccc(-c4nc(N5CCN(C)CC5)sc4F)cc3)[C@H]12. The zero-order chi connectivity index (χ0) is 33.4. The Morgan fingerprint density at radius 2 is 1.80 bits per heavy atom. The molecule has 4 atom stereocenters. The molecule has 0 spiro atoms. The number of amides is 2. The number of hydrogen-bond acceptors (Lipinski definition) is 9. The van der Waals surface area contributed by atoms with E-state index >= 15 is 4.39 Å².